The van der Waals surface area contributed by atoms with Gasteiger partial charge in [0.1, 0.15) is 5.75 Å². The quantitative estimate of drug-likeness (QED) is 0.480. The van der Waals surface area contributed by atoms with E-state index < -0.39 is 22.2 Å². The van der Waals surface area contributed by atoms with Crippen LogP contribution in [0.2, 0.25) is 0 Å². The van der Waals surface area contributed by atoms with E-state index in [1.165, 1.54) is 19.2 Å². The summed E-state index contributed by atoms with van der Waals surface area (Å²) in [5, 5.41) is 12.6. The van der Waals surface area contributed by atoms with Gasteiger partial charge in [0, 0.05) is 18.9 Å². The number of ether oxygens (including phenoxy) is 2. The van der Waals surface area contributed by atoms with Crippen molar-refractivity contribution in [2.45, 2.75) is 48.8 Å². The summed E-state index contributed by atoms with van der Waals surface area (Å²) in [6, 6.07) is 9.26. The maximum absolute atomic E-state index is 12.7. The summed E-state index contributed by atoms with van der Waals surface area (Å²) in [5.41, 5.74) is 1.08. The fraction of sp³-hybridized carbons (Fsp3) is 0.455. The molecule has 2 heterocycles. The Hall–Kier alpha value is -2.53. The Morgan fingerprint density at radius 3 is 2.56 bits per heavy atom. The number of nitrogens with one attached hydrogen (secondary N) is 2. The van der Waals surface area contributed by atoms with Crippen LogP contribution >= 0.6 is 0 Å². The van der Waals surface area contributed by atoms with Crippen molar-refractivity contribution in [1.82, 2.24) is 15.0 Å². The molecule has 1 aromatic carbocycles. The maximum atomic E-state index is 12.7. The van der Waals surface area contributed by atoms with Crippen LogP contribution in [0.15, 0.2) is 53.7 Å². The molecule has 0 aliphatic carbocycles. The molecule has 10 heteroatoms. The molecule has 0 radical (unpaired) electrons. The monoisotopic (exact) mass is 463 g/mol. The highest BCUT2D eigenvalue weighted by Gasteiger charge is 2.34. The highest BCUT2D eigenvalue weighted by Crippen LogP contribution is 2.24. The van der Waals surface area contributed by atoms with Crippen LogP contribution in [0.4, 0.5) is 0 Å². The molecule has 1 aromatic heterocycles. The molecule has 0 bridgehead atoms. The topological polar surface area (TPSA) is 127 Å². The molecule has 1 aliphatic rings. The lowest BCUT2D eigenvalue weighted by atomic mass is 9.98. The minimum Gasteiger partial charge on any atom is -0.497 e. The number of rotatable bonds is 10. The van der Waals surface area contributed by atoms with Crippen molar-refractivity contribution in [2.24, 2.45) is 0 Å². The summed E-state index contributed by atoms with van der Waals surface area (Å²) < 4.78 is 38.9. The first-order chi connectivity index (χ1) is 15.4. The van der Waals surface area contributed by atoms with Gasteiger partial charge in [0.15, 0.2) is 0 Å². The lowest BCUT2D eigenvalue weighted by Crippen LogP contribution is -2.51. The Bertz CT molecular complexity index is 969. The largest absolute Gasteiger partial charge is 0.497 e. The summed E-state index contributed by atoms with van der Waals surface area (Å²) in [4.78, 5) is 16.3. The Labute approximate surface area is 188 Å². The molecule has 32 heavy (non-hydrogen) atoms. The average Bonchev–Trinajstić information content (AvgIpc) is 2.80. The van der Waals surface area contributed by atoms with E-state index in [-0.39, 0.29) is 29.9 Å². The lowest BCUT2D eigenvalue weighted by Gasteiger charge is -2.35. The van der Waals surface area contributed by atoms with E-state index >= 15 is 0 Å². The third kappa shape index (κ3) is 6.73. The number of hydrogen-bond donors (Lipinski definition) is 3. The number of pyridine rings is 1. The number of nitrogens with zero attached hydrogens (tertiary/aromatic N) is 1. The molecule has 1 amide bonds. The smallest absolute Gasteiger partial charge is 0.240 e. The maximum Gasteiger partial charge on any atom is 0.240 e. The van der Waals surface area contributed by atoms with Gasteiger partial charge in [-0.3, -0.25) is 9.78 Å². The van der Waals surface area contributed by atoms with Gasteiger partial charge in [-0.25, -0.2) is 13.1 Å². The van der Waals surface area contributed by atoms with E-state index in [0.717, 1.165) is 5.56 Å². The number of aliphatic hydroxyl groups excluding tert-OH is 1. The van der Waals surface area contributed by atoms with Gasteiger partial charge in [-0.15, -0.1) is 0 Å². The van der Waals surface area contributed by atoms with Crippen molar-refractivity contribution in [1.29, 1.82) is 0 Å². The molecule has 0 saturated carbocycles. The number of hydrogen-bond acceptors (Lipinski definition) is 7. The zero-order valence-corrected chi connectivity index (χ0v) is 18.8. The number of carbonyl (C=O) groups excluding carboxylic acids is 1. The van der Waals surface area contributed by atoms with Crippen LogP contribution in [0.25, 0.3) is 0 Å². The molecular formula is C22H29N3O6S. The Morgan fingerprint density at radius 1 is 1.19 bits per heavy atom. The van der Waals surface area contributed by atoms with E-state index in [9.17, 15) is 18.3 Å². The van der Waals surface area contributed by atoms with E-state index in [1.807, 2.05) is 12.1 Å². The van der Waals surface area contributed by atoms with E-state index in [0.29, 0.717) is 31.6 Å². The first kappa shape index (κ1) is 24.1. The number of aromatic nitrogens is 1. The van der Waals surface area contributed by atoms with Crippen molar-refractivity contribution in [3.05, 3.63) is 54.4 Å². The molecule has 1 saturated heterocycles. The third-order valence-electron chi connectivity index (χ3n) is 5.37. The molecule has 0 spiro atoms. The minimum absolute atomic E-state index is 0.102. The van der Waals surface area contributed by atoms with Crippen molar-refractivity contribution in [3.63, 3.8) is 0 Å². The molecule has 2 aromatic rings. The molecule has 0 unspecified atom stereocenters. The number of benzene rings is 1. The second-order valence-corrected chi connectivity index (χ2v) is 9.33. The number of carbonyl (C=O) groups is 1. The van der Waals surface area contributed by atoms with Gasteiger partial charge in [0.05, 0.1) is 43.3 Å². The molecule has 3 rings (SSSR count). The van der Waals surface area contributed by atoms with Crippen LogP contribution < -0.4 is 14.8 Å². The molecule has 1 fully saturated rings. The fourth-order valence-corrected chi connectivity index (χ4v) is 4.91. The van der Waals surface area contributed by atoms with Crippen molar-refractivity contribution in [2.75, 3.05) is 20.3 Å². The summed E-state index contributed by atoms with van der Waals surface area (Å²) in [6.45, 7) is 0.152. The van der Waals surface area contributed by atoms with Gasteiger partial charge in [0.25, 0.3) is 0 Å². The fourth-order valence-electron chi connectivity index (χ4n) is 3.61. The van der Waals surface area contributed by atoms with Gasteiger partial charge in [0.2, 0.25) is 15.9 Å². The Kier molecular flexibility index (Phi) is 8.57. The van der Waals surface area contributed by atoms with Crippen LogP contribution in [0.5, 0.6) is 5.75 Å². The zero-order chi connectivity index (χ0) is 23.0. The van der Waals surface area contributed by atoms with Gasteiger partial charge < -0.3 is 19.9 Å². The van der Waals surface area contributed by atoms with E-state index in [2.05, 4.69) is 15.0 Å². The van der Waals surface area contributed by atoms with Crippen LogP contribution in [-0.2, 0) is 26.0 Å². The van der Waals surface area contributed by atoms with Crippen molar-refractivity contribution in [3.8, 4) is 5.75 Å². The molecule has 174 valence electrons. The van der Waals surface area contributed by atoms with E-state index in [1.54, 1.807) is 24.5 Å². The summed E-state index contributed by atoms with van der Waals surface area (Å²) >= 11 is 0. The van der Waals surface area contributed by atoms with Crippen molar-refractivity contribution >= 4 is 15.9 Å². The summed E-state index contributed by atoms with van der Waals surface area (Å²) in [5.74, 6) is 0.415. The second-order valence-electron chi connectivity index (χ2n) is 7.62. The number of amides is 1. The second kappa shape index (κ2) is 11.4. The Balaban J connectivity index is 1.48. The predicted octanol–water partition coefficient (Wildman–Crippen LogP) is 1.03. The van der Waals surface area contributed by atoms with Gasteiger partial charge >= 0.3 is 0 Å². The first-order valence-electron chi connectivity index (χ1n) is 10.5. The summed E-state index contributed by atoms with van der Waals surface area (Å²) in [7, 11) is -2.28. The van der Waals surface area contributed by atoms with E-state index in [4.69, 9.17) is 9.47 Å². The summed E-state index contributed by atoms with van der Waals surface area (Å²) in [6.07, 6.45) is 4.13. The zero-order valence-electron chi connectivity index (χ0n) is 17.9. The standard InChI is InChI=1S/C22H29N3O6S/c1-30-17-2-5-19(6-3-17)32(28,29)25-20-7-4-18(31-21(20)15-26)14-22(27)24-13-10-16-8-11-23-12-9-16/h2-3,5-6,8-9,11-12,18,20-21,25-26H,4,7,10,13-15H2,1H3,(H,24,27)/t18-,20+,21+/m0/s1. The molecule has 9 nitrogen and oxygen atoms in total. The highest BCUT2D eigenvalue weighted by atomic mass is 32.2. The van der Waals surface area contributed by atoms with Crippen LogP contribution in [0, 0.1) is 0 Å². The number of methoxy groups -OCH3 is 1. The van der Waals surface area contributed by atoms with Crippen LogP contribution in [-0.4, -0.2) is 62.9 Å². The normalized spacial score (nSPS) is 21.1. The van der Waals surface area contributed by atoms with Gasteiger partial charge in [-0.2, -0.15) is 0 Å². The van der Waals surface area contributed by atoms with Crippen LogP contribution in [0.3, 0.4) is 0 Å². The molecule has 3 N–H and O–H groups in total. The Morgan fingerprint density at radius 2 is 1.91 bits per heavy atom. The van der Waals surface area contributed by atoms with Crippen molar-refractivity contribution < 1.29 is 27.8 Å². The predicted molar refractivity (Wildman–Crippen MR) is 118 cm³/mol. The van der Waals surface area contributed by atoms with Gasteiger partial charge in [-0.05, 0) is 61.2 Å². The molecule has 3 atom stereocenters. The number of aliphatic hydroxyl groups is 1. The molecular weight excluding hydrogens is 434 g/mol. The lowest BCUT2D eigenvalue weighted by molar-refractivity contribution is -0.130. The van der Waals surface area contributed by atoms with Gasteiger partial charge in [-0.1, -0.05) is 0 Å². The SMILES string of the molecule is COc1ccc(S(=O)(=O)N[C@@H]2CC[C@@H](CC(=O)NCCc3ccncc3)O[C@@H]2CO)cc1. The highest BCUT2D eigenvalue weighted by molar-refractivity contribution is 7.89. The number of sulfonamides is 1. The average molecular weight is 464 g/mol. The third-order valence-corrected chi connectivity index (χ3v) is 6.88. The minimum atomic E-state index is -3.79. The van der Waals surface area contributed by atoms with Crippen LogP contribution in [0.1, 0.15) is 24.8 Å². The molecule has 1 aliphatic heterocycles. The first-order valence-corrected chi connectivity index (χ1v) is 12.0.